The van der Waals surface area contributed by atoms with Crippen LogP contribution in [-0.4, -0.2) is 11.2 Å². The van der Waals surface area contributed by atoms with Gasteiger partial charge >= 0.3 is 0 Å². The third kappa shape index (κ3) is 3.61. The molecule has 0 amide bonds. The van der Waals surface area contributed by atoms with Gasteiger partial charge < -0.3 is 10.8 Å². The molecule has 0 heterocycles. The monoisotopic (exact) mass is 211 g/mol. The zero-order valence-electron chi connectivity index (χ0n) is 9.15. The van der Waals surface area contributed by atoms with Gasteiger partial charge in [-0.1, -0.05) is 26.0 Å². The van der Waals surface area contributed by atoms with E-state index in [1.807, 2.05) is 13.8 Å². The lowest BCUT2D eigenvalue weighted by molar-refractivity contribution is 0.121. The molecule has 0 bridgehead atoms. The predicted molar refractivity (Wildman–Crippen MR) is 58.8 cm³/mol. The van der Waals surface area contributed by atoms with Crippen molar-refractivity contribution in [2.24, 2.45) is 11.7 Å². The van der Waals surface area contributed by atoms with Crippen molar-refractivity contribution in [1.29, 1.82) is 0 Å². The van der Waals surface area contributed by atoms with Crippen LogP contribution in [0.4, 0.5) is 4.39 Å². The summed E-state index contributed by atoms with van der Waals surface area (Å²) >= 11 is 0. The van der Waals surface area contributed by atoms with E-state index >= 15 is 0 Å². The Labute approximate surface area is 89.9 Å². The normalized spacial score (nSPS) is 15.3. The highest BCUT2D eigenvalue weighted by Gasteiger charge is 2.17. The van der Waals surface area contributed by atoms with Crippen LogP contribution in [0, 0.1) is 11.7 Å². The first-order valence-electron chi connectivity index (χ1n) is 5.20. The van der Waals surface area contributed by atoms with Gasteiger partial charge in [-0.25, -0.2) is 4.39 Å². The molecule has 0 saturated heterocycles. The second-order valence-corrected chi connectivity index (χ2v) is 4.27. The Morgan fingerprint density at radius 2 is 1.80 bits per heavy atom. The van der Waals surface area contributed by atoms with E-state index in [9.17, 15) is 9.50 Å². The Morgan fingerprint density at radius 3 is 2.27 bits per heavy atom. The topological polar surface area (TPSA) is 46.2 Å². The number of nitrogens with two attached hydrogens (primary N) is 1. The molecule has 84 valence electrons. The van der Waals surface area contributed by atoms with Gasteiger partial charge in [0.05, 0.1) is 12.1 Å². The number of rotatable bonds is 4. The maximum Gasteiger partial charge on any atom is 0.123 e. The number of hydrogen-bond donors (Lipinski definition) is 2. The van der Waals surface area contributed by atoms with Crippen LogP contribution in [-0.2, 0) is 0 Å². The lowest BCUT2D eigenvalue weighted by Gasteiger charge is -2.20. The highest BCUT2D eigenvalue weighted by molar-refractivity contribution is 5.20. The van der Waals surface area contributed by atoms with Crippen LogP contribution in [0.25, 0.3) is 0 Å². The summed E-state index contributed by atoms with van der Waals surface area (Å²) in [5.41, 5.74) is 6.63. The zero-order valence-corrected chi connectivity index (χ0v) is 9.15. The quantitative estimate of drug-likeness (QED) is 0.802. The van der Waals surface area contributed by atoms with Crippen molar-refractivity contribution >= 4 is 0 Å². The Morgan fingerprint density at radius 1 is 1.27 bits per heavy atom. The molecule has 1 aromatic carbocycles. The molecule has 0 spiro atoms. The molecule has 1 rings (SSSR count). The maximum atomic E-state index is 12.7. The van der Waals surface area contributed by atoms with E-state index in [0.29, 0.717) is 12.3 Å². The molecule has 2 atom stereocenters. The van der Waals surface area contributed by atoms with Gasteiger partial charge in [-0.2, -0.15) is 0 Å². The van der Waals surface area contributed by atoms with E-state index in [0.717, 1.165) is 5.56 Å². The van der Waals surface area contributed by atoms with Gasteiger partial charge in [-0.15, -0.1) is 0 Å². The Hall–Kier alpha value is -0.930. The van der Waals surface area contributed by atoms with Crippen molar-refractivity contribution < 1.29 is 9.50 Å². The van der Waals surface area contributed by atoms with Crippen LogP contribution in [0.2, 0.25) is 0 Å². The summed E-state index contributed by atoms with van der Waals surface area (Å²) in [4.78, 5) is 0. The highest BCUT2D eigenvalue weighted by Crippen LogP contribution is 2.19. The predicted octanol–water partition coefficient (Wildman–Crippen LogP) is 2.23. The van der Waals surface area contributed by atoms with E-state index in [-0.39, 0.29) is 5.82 Å². The van der Waals surface area contributed by atoms with Gasteiger partial charge in [0.2, 0.25) is 0 Å². The lowest BCUT2D eigenvalue weighted by atomic mass is 9.95. The van der Waals surface area contributed by atoms with Crippen LogP contribution in [0.1, 0.15) is 31.9 Å². The average Bonchev–Trinajstić information content (AvgIpc) is 2.17. The fourth-order valence-electron chi connectivity index (χ4n) is 1.54. The molecule has 3 heteroatoms. The molecule has 0 aliphatic rings. The van der Waals surface area contributed by atoms with Gasteiger partial charge in [-0.3, -0.25) is 0 Å². The Kier molecular flexibility index (Phi) is 4.24. The van der Waals surface area contributed by atoms with Crippen molar-refractivity contribution in [3.05, 3.63) is 35.6 Å². The zero-order chi connectivity index (χ0) is 11.4. The third-order valence-electron chi connectivity index (χ3n) is 2.38. The minimum atomic E-state index is -0.574. The van der Waals surface area contributed by atoms with Crippen molar-refractivity contribution in [2.45, 2.75) is 32.4 Å². The first-order chi connectivity index (χ1) is 7.00. The van der Waals surface area contributed by atoms with Gasteiger partial charge in [0.1, 0.15) is 5.82 Å². The van der Waals surface area contributed by atoms with E-state index in [2.05, 4.69) is 0 Å². The second kappa shape index (κ2) is 5.24. The number of aliphatic hydroxyl groups is 1. The van der Waals surface area contributed by atoms with E-state index in [1.165, 1.54) is 12.1 Å². The highest BCUT2D eigenvalue weighted by atomic mass is 19.1. The van der Waals surface area contributed by atoms with E-state index < -0.39 is 12.1 Å². The minimum absolute atomic E-state index is 0.288. The van der Waals surface area contributed by atoms with Crippen LogP contribution in [0.15, 0.2) is 24.3 Å². The van der Waals surface area contributed by atoms with Crippen LogP contribution in [0.3, 0.4) is 0 Å². The van der Waals surface area contributed by atoms with Crippen LogP contribution >= 0.6 is 0 Å². The van der Waals surface area contributed by atoms with Gasteiger partial charge in [-0.05, 0) is 30.0 Å². The molecule has 0 radical (unpaired) electrons. The number of halogens is 1. The molecule has 0 aromatic heterocycles. The summed E-state index contributed by atoms with van der Waals surface area (Å²) in [6.07, 6.45) is 0.0777. The van der Waals surface area contributed by atoms with Gasteiger partial charge in [0.15, 0.2) is 0 Å². The fourth-order valence-corrected chi connectivity index (χ4v) is 1.54. The molecule has 15 heavy (non-hydrogen) atoms. The van der Waals surface area contributed by atoms with E-state index in [1.54, 1.807) is 12.1 Å². The SMILES string of the molecule is CC(C)C[C@@H](O)[C@@H](N)c1ccc(F)cc1. The molecule has 0 fully saturated rings. The Balaban J connectivity index is 2.67. The average molecular weight is 211 g/mol. The molecule has 2 nitrogen and oxygen atoms in total. The summed E-state index contributed by atoms with van der Waals surface area (Å²) in [7, 11) is 0. The summed E-state index contributed by atoms with van der Waals surface area (Å²) in [6, 6.07) is 5.51. The first kappa shape index (κ1) is 12.1. The first-order valence-corrected chi connectivity index (χ1v) is 5.20. The third-order valence-corrected chi connectivity index (χ3v) is 2.38. The number of aliphatic hydroxyl groups excluding tert-OH is 1. The lowest BCUT2D eigenvalue weighted by Crippen LogP contribution is -2.27. The molecule has 3 N–H and O–H groups in total. The summed E-state index contributed by atoms with van der Waals surface area (Å²) in [6.45, 7) is 4.06. The van der Waals surface area contributed by atoms with Gasteiger partial charge in [0.25, 0.3) is 0 Å². The second-order valence-electron chi connectivity index (χ2n) is 4.27. The van der Waals surface area contributed by atoms with Crippen molar-refractivity contribution in [1.82, 2.24) is 0 Å². The molecular weight excluding hydrogens is 193 g/mol. The fraction of sp³-hybridized carbons (Fsp3) is 0.500. The van der Waals surface area contributed by atoms with Crippen LogP contribution < -0.4 is 5.73 Å². The molecular formula is C12H18FNO. The van der Waals surface area contributed by atoms with Crippen molar-refractivity contribution in [2.75, 3.05) is 0 Å². The molecule has 1 aromatic rings. The van der Waals surface area contributed by atoms with Crippen LogP contribution in [0.5, 0.6) is 0 Å². The summed E-state index contributed by atoms with van der Waals surface area (Å²) in [5.74, 6) is 0.107. The number of hydrogen-bond acceptors (Lipinski definition) is 2. The standard InChI is InChI=1S/C12H18FNO/c1-8(2)7-11(15)12(14)9-3-5-10(13)6-4-9/h3-6,8,11-12,15H,7,14H2,1-2H3/t11-,12+/m1/s1. The van der Waals surface area contributed by atoms with E-state index in [4.69, 9.17) is 5.73 Å². The molecule has 0 aliphatic carbocycles. The molecule has 0 aliphatic heterocycles. The van der Waals surface area contributed by atoms with Crippen molar-refractivity contribution in [3.8, 4) is 0 Å². The number of benzene rings is 1. The minimum Gasteiger partial charge on any atom is -0.391 e. The van der Waals surface area contributed by atoms with Crippen molar-refractivity contribution in [3.63, 3.8) is 0 Å². The van der Waals surface area contributed by atoms with Gasteiger partial charge in [0, 0.05) is 0 Å². The maximum absolute atomic E-state index is 12.7. The summed E-state index contributed by atoms with van der Waals surface area (Å²) < 4.78 is 12.7. The smallest absolute Gasteiger partial charge is 0.123 e. The largest absolute Gasteiger partial charge is 0.391 e. The summed E-state index contributed by atoms with van der Waals surface area (Å²) in [5, 5.41) is 9.79. The molecule has 0 unspecified atom stereocenters. The molecule has 0 saturated carbocycles. The Bertz CT molecular complexity index is 297.